The van der Waals surface area contributed by atoms with Crippen LogP contribution in [0.1, 0.15) is 12.5 Å². The molecular formula is C11H12O2. The SMILES string of the molecule is CCOc1cccc(C=CC=O)c1. The molecule has 1 aromatic carbocycles. The van der Waals surface area contributed by atoms with Gasteiger partial charge in [-0.05, 0) is 30.7 Å². The maximum Gasteiger partial charge on any atom is 0.142 e. The van der Waals surface area contributed by atoms with Crippen LogP contribution in [0.2, 0.25) is 0 Å². The van der Waals surface area contributed by atoms with Crippen LogP contribution in [0.5, 0.6) is 5.75 Å². The summed E-state index contributed by atoms with van der Waals surface area (Å²) in [6.07, 6.45) is 3.97. The van der Waals surface area contributed by atoms with Crippen molar-refractivity contribution >= 4 is 12.4 Å². The summed E-state index contributed by atoms with van der Waals surface area (Å²) in [5.74, 6) is 0.829. The highest BCUT2D eigenvalue weighted by Crippen LogP contribution is 2.13. The van der Waals surface area contributed by atoms with Crippen molar-refractivity contribution in [3.05, 3.63) is 35.9 Å². The van der Waals surface area contributed by atoms with Crippen LogP contribution in [0.4, 0.5) is 0 Å². The molecule has 2 nitrogen and oxygen atoms in total. The predicted molar refractivity (Wildman–Crippen MR) is 52.7 cm³/mol. The Kier molecular flexibility index (Phi) is 3.76. The first-order valence-electron chi connectivity index (χ1n) is 4.21. The fraction of sp³-hybridized carbons (Fsp3) is 0.182. The minimum absolute atomic E-state index is 0.654. The second-order valence-electron chi connectivity index (χ2n) is 2.50. The summed E-state index contributed by atoms with van der Waals surface area (Å²) < 4.78 is 5.30. The van der Waals surface area contributed by atoms with E-state index in [-0.39, 0.29) is 0 Å². The minimum atomic E-state index is 0.654. The molecule has 0 aliphatic carbocycles. The average Bonchev–Trinajstić information content (AvgIpc) is 2.16. The normalized spacial score (nSPS) is 10.2. The number of ether oxygens (including phenoxy) is 1. The van der Waals surface area contributed by atoms with Crippen molar-refractivity contribution < 1.29 is 9.53 Å². The van der Waals surface area contributed by atoms with E-state index in [2.05, 4.69) is 0 Å². The smallest absolute Gasteiger partial charge is 0.142 e. The van der Waals surface area contributed by atoms with Gasteiger partial charge in [-0.25, -0.2) is 0 Å². The van der Waals surface area contributed by atoms with Crippen LogP contribution in [-0.4, -0.2) is 12.9 Å². The van der Waals surface area contributed by atoms with Crippen LogP contribution in [0.3, 0.4) is 0 Å². The van der Waals surface area contributed by atoms with E-state index in [1.807, 2.05) is 31.2 Å². The van der Waals surface area contributed by atoms with Gasteiger partial charge < -0.3 is 4.74 Å². The molecule has 0 heterocycles. The zero-order chi connectivity index (χ0) is 9.52. The van der Waals surface area contributed by atoms with Crippen molar-refractivity contribution in [2.45, 2.75) is 6.92 Å². The highest BCUT2D eigenvalue weighted by atomic mass is 16.5. The van der Waals surface area contributed by atoms with Crippen molar-refractivity contribution in [2.75, 3.05) is 6.61 Å². The van der Waals surface area contributed by atoms with Gasteiger partial charge in [-0.2, -0.15) is 0 Å². The predicted octanol–water partition coefficient (Wildman–Crippen LogP) is 2.30. The number of benzene rings is 1. The molecule has 1 rings (SSSR count). The number of hydrogen-bond acceptors (Lipinski definition) is 2. The van der Waals surface area contributed by atoms with E-state index < -0.39 is 0 Å². The minimum Gasteiger partial charge on any atom is -0.494 e. The van der Waals surface area contributed by atoms with E-state index in [9.17, 15) is 4.79 Å². The van der Waals surface area contributed by atoms with E-state index in [1.54, 1.807) is 6.08 Å². The molecule has 0 unspecified atom stereocenters. The number of aldehydes is 1. The molecule has 0 spiro atoms. The number of carbonyl (C=O) groups excluding carboxylic acids is 1. The molecule has 0 aliphatic heterocycles. The number of hydrogen-bond donors (Lipinski definition) is 0. The Bertz CT molecular complexity index is 303. The van der Waals surface area contributed by atoms with Gasteiger partial charge in [0.15, 0.2) is 0 Å². The van der Waals surface area contributed by atoms with Gasteiger partial charge in [-0.3, -0.25) is 4.79 Å². The lowest BCUT2D eigenvalue weighted by molar-refractivity contribution is -0.104. The lowest BCUT2D eigenvalue weighted by Gasteiger charge is -2.02. The van der Waals surface area contributed by atoms with Gasteiger partial charge in [0, 0.05) is 0 Å². The molecule has 1 aromatic rings. The van der Waals surface area contributed by atoms with E-state index in [0.29, 0.717) is 6.61 Å². The Labute approximate surface area is 77.8 Å². The highest BCUT2D eigenvalue weighted by molar-refractivity contribution is 5.74. The average molecular weight is 176 g/mol. The van der Waals surface area contributed by atoms with Gasteiger partial charge in [-0.15, -0.1) is 0 Å². The van der Waals surface area contributed by atoms with Crippen LogP contribution < -0.4 is 4.74 Å². The Hall–Kier alpha value is -1.57. The quantitative estimate of drug-likeness (QED) is 0.519. The summed E-state index contributed by atoms with van der Waals surface area (Å²) in [7, 11) is 0. The van der Waals surface area contributed by atoms with Gasteiger partial charge >= 0.3 is 0 Å². The molecule has 2 heteroatoms. The zero-order valence-corrected chi connectivity index (χ0v) is 7.57. The van der Waals surface area contributed by atoms with Crippen LogP contribution in [-0.2, 0) is 4.79 Å². The molecule has 0 aliphatic rings. The number of rotatable bonds is 4. The summed E-state index contributed by atoms with van der Waals surface area (Å²) >= 11 is 0. The largest absolute Gasteiger partial charge is 0.494 e. The van der Waals surface area contributed by atoms with Gasteiger partial charge in [0.25, 0.3) is 0 Å². The van der Waals surface area contributed by atoms with Crippen LogP contribution >= 0.6 is 0 Å². The molecule has 0 saturated heterocycles. The molecule has 0 saturated carbocycles. The van der Waals surface area contributed by atoms with Gasteiger partial charge in [0.2, 0.25) is 0 Å². The van der Waals surface area contributed by atoms with Crippen molar-refractivity contribution in [3.63, 3.8) is 0 Å². The Morgan fingerprint density at radius 3 is 3.00 bits per heavy atom. The van der Waals surface area contributed by atoms with Crippen molar-refractivity contribution in [1.29, 1.82) is 0 Å². The summed E-state index contributed by atoms with van der Waals surface area (Å²) in [6.45, 7) is 2.59. The van der Waals surface area contributed by atoms with Crippen LogP contribution in [0, 0.1) is 0 Å². The Balaban J connectivity index is 2.78. The fourth-order valence-electron chi connectivity index (χ4n) is 1.03. The van der Waals surface area contributed by atoms with Crippen LogP contribution in [0.25, 0.3) is 6.08 Å². The maximum absolute atomic E-state index is 10.1. The second kappa shape index (κ2) is 5.14. The topological polar surface area (TPSA) is 26.3 Å². The number of carbonyl (C=O) groups is 1. The molecule has 0 fully saturated rings. The first-order chi connectivity index (χ1) is 6.36. The second-order valence-corrected chi connectivity index (χ2v) is 2.50. The highest BCUT2D eigenvalue weighted by Gasteiger charge is 1.91. The van der Waals surface area contributed by atoms with E-state index in [0.717, 1.165) is 17.6 Å². The first-order valence-corrected chi connectivity index (χ1v) is 4.21. The molecule has 0 radical (unpaired) electrons. The molecule has 0 aromatic heterocycles. The third-order valence-electron chi connectivity index (χ3n) is 1.54. The molecule has 0 amide bonds. The van der Waals surface area contributed by atoms with E-state index >= 15 is 0 Å². The maximum atomic E-state index is 10.1. The van der Waals surface area contributed by atoms with Crippen molar-refractivity contribution in [1.82, 2.24) is 0 Å². The van der Waals surface area contributed by atoms with E-state index in [1.165, 1.54) is 6.08 Å². The number of allylic oxidation sites excluding steroid dienone is 1. The molecule has 13 heavy (non-hydrogen) atoms. The summed E-state index contributed by atoms with van der Waals surface area (Å²) in [4.78, 5) is 10.1. The summed E-state index contributed by atoms with van der Waals surface area (Å²) in [6, 6.07) is 7.60. The van der Waals surface area contributed by atoms with Crippen molar-refractivity contribution in [2.24, 2.45) is 0 Å². The molecule has 0 atom stereocenters. The van der Waals surface area contributed by atoms with Gasteiger partial charge in [0.1, 0.15) is 12.0 Å². The standard InChI is InChI=1S/C11H12O2/c1-2-13-11-7-3-5-10(9-11)6-4-8-12/h3-9H,2H2,1H3. The molecule has 68 valence electrons. The fourth-order valence-corrected chi connectivity index (χ4v) is 1.03. The summed E-state index contributed by atoms with van der Waals surface area (Å²) in [5, 5.41) is 0. The molecular weight excluding hydrogens is 164 g/mol. The molecule has 0 N–H and O–H groups in total. The van der Waals surface area contributed by atoms with Crippen LogP contribution in [0.15, 0.2) is 30.3 Å². The summed E-state index contributed by atoms with van der Waals surface area (Å²) in [5.41, 5.74) is 0.970. The van der Waals surface area contributed by atoms with Gasteiger partial charge in [-0.1, -0.05) is 18.2 Å². The Morgan fingerprint density at radius 1 is 1.46 bits per heavy atom. The lowest BCUT2D eigenvalue weighted by atomic mass is 10.2. The zero-order valence-electron chi connectivity index (χ0n) is 7.57. The van der Waals surface area contributed by atoms with Gasteiger partial charge in [0.05, 0.1) is 6.61 Å². The van der Waals surface area contributed by atoms with Crippen molar-refractivity contribution in [3.8, 4) is 5.75 Å². The Morgan fingerprint density at radius 2 is 2.31 bits per heavy atom. The third-order valence-corrected chi connectivity index (χ3v) is 1.54. The lowest BCUT2D eigenvalue weighted by Crippen LogP contribution is -1.90. The monoisotopic (exact) mass is 176 g/mol. The van der Waals surface area contributed by atoms with E-state index in [4.69, 9.17) is 4.74 Å². The first kappa shape index (κ1) is 9.52. The third kappa shape index (κ3) is 3.11. The molecule has 0 bridgehead atoms.